The lowest BCUT2D eigenvalue weighted by atomic mass is 9.77. The minimum absolute atomic E-state index is 0.0196. The highest BCUT2D eigenvalue weighted by atomic mass is 16.7. The van der Waals surface area contributed by atoms with Crippen molar-refractivity contribution in [3.05, 3.63) is 47.2 Å². The molecule has 1 N–H and O–H groups in total. The number of esters is 1. The molecular formula is C17H18O5. The zero-order valence-electron chi connectivity index (χ0n) is 12.4. The van der Waals surface area contributed by atoms with E-state index in [0.717, 1.165) is 5.56 Å². The number of Topliss-reactive ketones (excluding diaryl/α,β-unsaturated/α-hetero) is 1. The van der Waals surface area contributed by atoms with Crippen molar-refractivity contribution < 1.29 is 24.2 Å². The molecule has 3 rings (SSSR count). The van der Waals surface area contributed by atoms with Gasteiger partial charge in [0.2, 0.25) is 0 Å². The van der Waals surface area contributed by atoms with Crippen molar-refractivity contribution in [1.29, 1.82) is 0 Å². The van der Waals surface area contributed by atoms with Gasteiger partial charge in [0, 0.05) is 30.8 Å². The number of rotatable bonds is 2. The second-order valence-corrected chi connectivity index (χ2v) is 5.66. The van der Waals surface area contributed by atoms with Gasteiger partial charge in [-0.3, -0.25) is 4.79 Å². The standard InChI is InChI=1S/C17H18O5/c1-21-16(19)17(20)10-12(11-6-3-2-4-7-11)15-13(18)8-5-9-14(15)22-17/h2-4,6-7,12,20H,5,8-10H2,1H3/t12-,17?/m0/s1. The van der Waals surface area contributed by atoms with Crippen molar-refractivity contribution in [2.24, 2.45) is 0 Å². The molecule has 22 heavy (non-hydrogen) atoms. The Morgan fingerprint density at radius 1 is 1.32 bits per heavy atom. The minimum atomic E-state index is -2.04. The minimum Gasteiger partial charge on any atom is -0.464 e. The van der Waals surface area contributed by atoms with Crippen molar-refractivity contribution >= 4 is 11.8 Å². The monoisotopic (exact) mass is 302 g/mol. The Balaban J connectivity index is 2.08. The number of aliphatic hydroxyl groups is 1. The Hall–Kier alpha value is -2.14. The van der Waals surface area contributed by atoms with Gasteiger partial charge < -0.3 is 14.6 Å². The highest BCUT2D eigenvalue weighted by molar-refractivity contribution is 5.98. The summed E-state index contributed by atoms with van der Waals surface area (Å²) in [6.07, 6.45) is 1.66. The molecule has 116 valence electrons. The summed E-state index contributed by atoms with van der Waals surface area (Å²) < 4.78 is 10.2. The van der Waals surface area contributed by atoms with Crippen LogP contribution in [0.25, 0.3) is 0 Å². The molecule has 0 bridgehead atoms. The average molecular weight is 302 g/mol. The van der Waals surface area contributed by atoms with E-state index in [2.05, 4.69) is 4.74 Å². The number of ether oxygens (including phenoxy) is 2. The second-order valence-electron chi connectivity index (χ2n) is 5.66. The lowest BCUT2D eigenvalue weighted by molar-refractivity contribution is -0.222. The molecule has 5 heteroatoms. The first-order chi connectivity index (χ1) is 10.5. The molecule has 5 nitrogen and oxygen atoms in total. The van der Waals surface area contributed by atoms with Crippen LogP contribution in [0, 0.1) is 0 Å². The quantitative estimate of drug-likeness (QED) is 0.847. The summed E-state index contributed by atoms with van der Waals surface area (Å²) in [5, 5.41) is 10.6. The summed E-state index contributed by atoms with van der Waals surface area (Å²) in [6.45, 7) is 0. The van der Waals surface area contributed by atoms with E-state index in [9.17, 15) is 14.7 Å². The van der Waals surface area contributed by atoms with Crippen LogP contribution in [0.4, 0.5) is 0 Å². The molecule has 1 aromatic rings. The topological polar surface area (TPSA) is 72.8 Å². The molecule has 0 fully saturated rings. The van der Waals surface area contributed by atoms with Crippen molar-refractivity contribution in [2.75, 3.05) is 7.11 Å². The van der Waals surface area contributed by atoms with Crippen LogP contribution in [-0.4, -0.2) is 29.8 Å². The van der Waals surface area contributed by atoms with Gasteiger partial charge in [-0.15, -0.1) is 0 Å². The van der Waals surface area contributed by atoms with E-state index in [0.29, 0.717) is 30.6 Å². The van der Waals surface area contributed by atoms with Crippen LogP contribution in [0.2, 0.25) is 0 Å². The van der Waals surface area contributed by atoms with E-state index in [1.807, 2.05) is 30.3 Å². The van der Waals surface area contributed by atoms with E-state index in [1.54, 1.807) is 0 Å². The number of allylic oxidation sites excluding steroid dienone is 2. The molecule has 1 heterocycles. The Bertz CT molecular complexity index is 634. The normalized spacial score (nSPS) is 27.9. The van der Waals surface area contributed by atoms with E-state index in [-0.39, 0.29) is 18.1 Å². The van der Waals surface area contributed by atoms with Crippen LogP contribution in [0.3, 0.4) is 0 Å². The van der Waals surface area contributed by atoms with Gasteiger partial charge in [0.15, 0.2) is 5.78 Å². The largest absolute Gasteiger partial charge is 0.464 e. The Kier molecular flexibility index (Phi) is 3.74. The van der Waals surface area contributed by atoms with Crippen LogP contribution in [-0.2, 0) is 19.1 Å². The first-order valence-corrected chi connectivity index (χ1v) is 7.36. The zero-order chi connectivity index (χ0) is 15.7. The molecular weight excluding hydrogens is 284 g/mol. The summed E-state index contributed by atoms with van der Waals surface area (Å²) in [5.74, 6) is -2.78. The molecule has 0 spiro atoms. The Morgan fingerprint density at radius 2 is 2.05 bits per heavy atom. The lowest BCUT2D eigenvalue weighted by Crippen LogP contribution is -2.47. The summed E-state index contributed by atoms with van der Waals surface area (Å²) in [5.41, 5.74) is 1.47. The number of benzene rings is 1. The molecule has 2 atom stereocenters. The SMILES string of the molecule is COC(=O)C1(O)C[C@@H](c2ccccc2)C2=C(CCCC2=O)O1. The number of ketones is 1. The van der Waals surface area contributed by atoms with Crippen molar-refractivity contribution in [2.45, 2.75) is 37.4 Å². The van der Waals surface area contributed by atoms with Crippen LogP contribution in [0.5, 0.6) is 0 Å². The highest BCUT2D eigenvalue weighted by Gasteiger charge is 2.50. The zero-order valence-corrected chi connectivity index (χ0v) is 12.4. The third-order valence-electron chi connectivity index (χ3n) is 4.24. The smallest absolute Gasteiger partial charge is 0.379 e. The fraction of sp³-hybridized carbons (Fsp3) is 0.412. The maximum atomic E-state index is 12.3. The summed E-state index contributed by atoms with van der Waals surface area (Å²) in [6, 6.07) is 9.40. The first kappa shape index (κ1) is 14.8. The molecule has 0 saturated carbocycles. The molecule has 1 aromatic carbocycles. The third kappa shape index (κ3) is 2.41. The second kappa shape index (κ2) is 5.57. The van der Waals surface area contributed by atoms with Gasteiger partial charge in [0.25, 0.3) is 0 Å². The van der Waals surface area contributed by atoms with Gasteiger partial charge in [-0.1, -0.05) is 30.3 Å². The molecule has 2 aliphatic rings. The van der Waals surface area contributed by atoms with Gasteiger partial charge in [0.05, 0.1) is 7.11 Å². The van der Waals surface area contributed by atoms with Crippen LogP contribution in [0.15, 0.2) is 41.7 Å². The number of carbonyl (C=O) groups is 2. The molecule has 1 aliphatic heterocycles. The van der Waals surface area contributed by atoms with Gasteiger partial charge in [0.1, 0.15) is 5.76 Å². The van der Waals surface area contributed by atoms with E-state index < -0.39 is 11.8 Å². The Morgan fingerprint density at radius 3 is 2.73 bits per heavy atom. The van der Waals surface area contributed by atoms with Crippen LogP contribution in [0.1, 0.15) is 37.2 Å². The van der Waals surface area contributed by atoms with Crippen LogP contribution >= 0.6 is 0 Å². The predicted molar refractivity (Wildman–Crippen MR) is 77.7 cm³/mol. The molecule has 0 aromatic heterocycles. The van der Waals surface area contributed by atoms with Gasteiger partial charge >= 0.3 is 11.8 Å². The summed E-state index contributed by atoms with van der Waals surface area (Å²) >= 11 is 0. The van der Waals surface area contributed by atoms with Crippen molar-refractivity contribution in [1.82, 2.24) is 0 Å². The van der Waals surface area contributed by atoms with E-state index in [1.165, 1.54) is 7.11 Å². The number of hydrogen-bond acceptors (Lipinski definition) is 5. The van der Waals surface area contributed by atoms with Gasteiger partial charge in [-0.25, -0.2) is 4.79 Å². The molecule has 0 amide bonds. The molecule has 1 aliphatic carbocycles. The lowest BCUT2D eigenvalue weighted by Gasteiger charge is -2.39. The molecule has 0 saturated heterocycles. The number of methoxy groups -OCH3 is 1. The number of hydrogen-bond donors (Lipinski definition) is 1. The molecule has 0 radical (unpaired) electrons. The fourth-order valence-corrected chi connectivity index (χ4v) is 3.21. The fourth-order valence-electron chi connectivity index (χ4n) is 3.21. The predicted octanol–water partition coefficient (Wildman–Crippen LogP) is 2.06. The first-order valence-electron chi connectivity index (χ1n) is 7.36. The maximum Gasteiger partial charge on any atom is 0.379 e. The average Bonchev–Trinajstić information content (AvgIpc) is 2.54. The number of carbonyl (C=O) groups excluding carboxylic acids is 2. The third-order valence-corrected chi connectivity index (χ3v) is 4.24. The van der Waals surface area contributed by atoms with Crippen LogP contribution < -0.4 is 0 Å². The van der Waals surface area contributed by atoms with E-state index in [4.69, 9.17) is 4.74 Å². The summed E-state index contributed by atoms with van der Waals surface area (Å²) in [7, 11) is 1.21. The highest BCUT2D eigenvalue weighted by Crippen LogP contribution is 2.45. The Labute approximate surface area is 128 Å². The van der Waals surface area contributed by atoms with Crippen molar-refractivity contribution in [3.63, 3.8) is 0 Å². The molecule has 1 unspecified atom stereocenters. The van der Waals surface area contributed by atoms with E-state index >= 15 is 0 Å². The van der Waals surface area contributed by atoms with Gasteiger partial charge in [-0.05, 0) is 12.0 Å². The van der Waals surface area contributed by atoms with Crippen molar-refractivity contribution in [3.8, 4) is 0 Å². The summed E-state index contributed by atoms with van der Waals surface area (Å²) in [4.78, 5) is 24.2. The maximum absolute atomic E-state index is 12.3. The van der Waals surface area contributed by atoms with Gasteiger partial charge in [-0.2, -0.15) is 0 Å².